The molecule has 1 aromatic rings. The maximum absolute atomic E-state index is 12.9. The highest BCUT2D eigenvalue weighted by molar-refractivity contribution is 7.89. The minimum Gasteiger partial charge on any atom is -0.389 e. The normalized spacial score (nSPS) is 15.5. The fourth-order valence-corrected chi connectivity index (χ4v) is 2.96. The number of aliphatic hydroxyl groups is 1. The highest BCUT2D eigenvalue weighted by Crippen LogP contribution is 2.16. The van der Waals surface area contributed by atoms with Gasteiger partial charge in [0.2, 0.25) is 10.0 Å². The Labute approximate surface area is 112 Å². The van der Waals surface area contributed by atoms with Gasteiger partial charge in [-0.25, -0.2) is 17.5 Å². The molecule has 0 saturated heterocycles. The van der Waals surface area contributed by atoms with Gasteiger partial charge >= 0.3 is 0 Å². The maximum atomic E-state index is 12.9. The van der Waals surface area contributed by atoms with Crippen LogP contribution in [0.3, 0.4) is 0 Å². The number of nitrogens with one attached hydrogen (secondary N) is 1. The summed E-state index contributed by atoms with van der Waals surface area (Å²) in [6.45, 7) is 5.28. The zero-order chi connectivity index (χ0) is 14.7. The van der Waals surface area contributed by atoms with Crippen LogP contribution in [0.15, 0.2) is 23.4 Å². The molecule has 19 heavy (non-hydrogen) atoms. The fourth-order valence-electron chi connectivity index (χ4n) is 1.82. The summed E-state index contributed by atoms with van der Waals surface area (Å²) < 4.78 is 39.0. The quantitative estimate of drug-likeness (QED) is 0.827. The lowest BCUT2D eigenvalue weighted by Gasteiger charge is -2.25. The molecule has 0 spiro atoms. The van der Waals surface area contributed by atoms with E-state index < -0.39 is 21.4 Å². The largest absolute Gasteiger partial charge is 0.389 e. The number of hydrogen-bond donors (Lipinski definition) is 2. The molecule has 0 aliphatic carbocycles. The van der Waals surface area contributed by atoms with Crippen LogP contribution in [0.4, 0.5) is 4.39 Å². The topological polar surface area (TPSA) is 79.3 Å². The molecule has 7 heteroatoms. The molecule has 0 bridgehead atoms. The summed E-state index contributed by atoms with van der Waals surface area (Å²) in [7, 11) is -3.86. The molecule has 1 aromatic heterocycles. The number of hydrogen-bond acceptors (Lipinski definition) is 4. The minimum atomic E-state index is -3.86. The number of sulfonamides is 1. The third-order valence-electron chi connectivity index (χ3n) is 2.48. The van der Waals surface area contributed by atoms with Gasteiger partial charge in [-0.3, -0.25) is 4.98 Å². The second-order valence-electron chi connectivity index (χ2n) is 5.26. The first-order valence-corrected chi connectivity index (χ1v) is 7.43. The van der Waals surface area contributed by atoms with Crippen molar-refractivity contribution in [1.29, 1.82) is 0 Å². The van der Waals surface area contributed by atoms with E-state index in [1.807, 2.05) is 13.8 Å². The second-order valence-corrected chi connectivity index (χ2v) is 7.03. The molecule has 1 rings (SSSR count). The van der Waals surface area contributed by atoms with Crippen LogP contribution in [0, 0.1) is 11.7 Å². The standard InChI is InChI=1S/C12H19FN2O3S/c1-9(2)5-12(3,16)8-15-19(17,18)11-4-10(13)6-14-7-11/h4,6-7,9,15-16H,5,8H2,1-3H3. The van der Waals surface area contributed by atoms with E-state index in [9.17, 15) is 17.9 Å². The Morgan fingerprint density at radius 3 is 2.63 bits per heavy atom. The molecule has 2 N–H and O–H groups in total. The molecule has 0 radical (unpaired) electrons. The molecule has 1 heterocycles. The number of rotatable bonds is 6. The van der Waals surface area contributed by atoms with Gasteiger partial charge in [0, 0.05) is 12.7 Å². The van der Waals surface area contributed by atoms with Crippen molar-refractivity contribution < 1.29 is 17.9 Å². The van der Waals surface area contributed by atoms with Gasteiger partial charge in [0.25, 0.3) is 0 Å². The molecule has 1 atom stereocenters. The highest BCUT2D eigenvalue weighted by atomic mass is 32.2. The van der Waals surface area contributed by atoms with Gasteiger partial charge in [0.15, 0.2) is 0 Å². The van der Waals surface area contributed by atoms with E-state index in [1.54, 1.807) is 6.92 Å². The van der Waals surface area contributed by atoms with Crippen LogP contribution in [0.2, 0.25) is 0 Å². The lowest BCUT2D eigenvalue weighted by Crippen LogP contribution is -2.41. The van der Waals surface area contributed by atoms with E-state index in [4.69, 9.17) is 0 Å². The maximum Gasteiger partial charge on any atom is 0.242 e. The van der Waals surface area contributed by atoms with E-state index in [0.29, 0.717) is 6.42 Å². The summed E-state index contributed by atoms with van der Waals surface area (Å²) in [6, 6.07) is 0.881. The Bertz CT molecular complexity index is 530. The monoisotopic (exact) mass is 290 g/mol. The predicted octanol–water partition coefficient (Wildman–Crippen LogP) is 1.30. The van der Waals surface area contributed by atoms with Crippen molar-refractivity contribution in [2.45, 2.75) is 37.7 Å². The summed E-state index contributed by atoms with van der Waals surface area (Å²) in [5, 5.41) is 10.0. The molecule has 1 unspecified atom stereocenters. The Kier molecular flexibility index (Phi) is 5.00. The summed E-state index contributed by atoms with van der Waals surface area (Å²) in [4.78, 5) is 3.23. The smallest absolute Gasteiger partial charge is 0.242 e. The van der Waals surface area contributed by atoms with Crippen molar-refractivity contribution in [1.82, 2.24) is 9.71 Å². The van der Waals surface area contributed by atoms with Gasteiger partial charge in [0.05, 0.1) is 11.8 Å². The molecule has 0 aliphatic heterocycles. The minimum absolute atomic E-state index is 0.135. The van der Waals surface area contributed by atoms with Crippen LogP contribution in [-0.2, 0) is 10.0 Å². The molecular weight excluding hydrogens is 271 g/mol. The average molecular weight is 290 g/mol. The predicted molar refractivity (Wildman–Crippen MR) is 69.5 cm³/mol. The van der Waals surface area contributed by atoms with Gasteiger partial charge < -0.3 is 5.11 Å². The zero-order valence-electron chi connectivity index (χ0n) is 11.2. The summed E-state index contributed by atoms with van der Waals surface area (Å²) >= 11 is 0. The third-order valence-corrected chi connectivity index (χ3v) is 3.85. The van der Waals surface area contributed by atoms with Gasteiger partial charge in [-0.2, -0.15) is 0 Å². The Balaban J connectivity index is 2.76. The van der Waals surface area contributed by atoms with Crippen molar-refractivity contribution >= 4 is 10.0 Å². The summed E-state index contributed by atoms with van der Waals surface area (Å²) in [6.07, 6.45) is 2.44. The van der Waals surface area contributed by atoms with Gasteiger partial charge in [-0.05, 0) is 25.3 Å². The van der Waals surface area contributed by atoms with E-state index in [-0.39, 0.29) is 17.4 Å². The van der Waals surface area contributed by atoms with Crippen LogP contribution >= 0.6 is 0 Å². The third kappa shape index (κ3) is 5.22. The van der Waals surface area contributed by atoms with Crippen molar-refractivity contribution in [2.75, 3.05) is 6.54 Å². The molecule has 0 aliphatic rings. The molecule has 108 valence electrons. The van der Waals surface area contributed by atoms with Gasteiger partial charge in [-0.1, -0.05) is 13.8 Å². The molecule has 5 nitrogen and oxygen atoms in total. The summed E-state index contributed by atoms with van der Waals surface area (Å²) in [5.41, 5.74) is -1.15. The van der Waals surface area contributed by atoms with Crippen molar-refractivity contribution in [3.05, 3.63) is 24.3 Å². The number of nitrogens with zero attached hydrogens (tertiary/aromatic N) is 1. The SMILES string of the molecule is CC(C)CC(C)(O)CNS(=O)(=O)c1cncc(F)c1. The lowest BCUT2D eigenvalue weighted by molar-refractivity contribution is 0.0437. The first kappa shape index (κ1) is 16.0. The number of halogens is 1. The van der Waals surface area contributed by atoms with Crippen LogP contribution in [-0.4, -0.2) is 30.7 Å². The second kappa shape index (κ2) is 5.94. The molecule has 0 saturated carbocycles. The van der Waals surface area contributed by atoms with Crippen LogP contribution in [0.5, 0.6) is 0 Å². The molecule has 0 amide bonds. The van der Waals surface area contributed by atoms with Crippen molar-refractivity contribution in [3.8, 4) is 0 Å². The Morgan fingerprint density at radius 1 is 1.47 bits per heavy atom. The van der Waals surface area contributed by atoms with E-state index in [2.05, 4.69) is 9.71 Å². The Morgan fingerprint density at radius 2 is 2.11 bits per heavy atom. The summed E-state index contributed by atoms with van der Waals surface area (Å²) in [5.74, 6) is -0.493. The van der Waals surface area contributed by atoms with E-state index >= 15 is 0 Å². The number of pyridine rings is 1. The highest BCUT2D eigenvalue weighted by Gasteiger charge is 2.25. The van der Waals surface area contributed by atoms with Crippen molar-refractivity contribution in [2.24, 2.45) is 5.92 Å². The Hall–Kier alpha value is -1.05. The van der Waals surface area contributed by atoms with E-state index in [1.165, 1.54) is 0 Å². The van der Waals surface area contributed by atoms with Gasteiger partial charge in [0.1, 0.15) is 10.7 Å². The molecule has 0 aromatic carbocycles. The zero-order valence-corrected chi connectivity index (χ0v) is 12.0. The van der Waals surface area contributed by atoms with Crippen LogP contribution in [0.1, 0.15) is 27.2 Å². The molecular formula is C12H19FN2O3S. The van der Waals surface area contributed by atoms with Crippen LogP contribution in [0.25, 0.3) is 0 Å². The fraction of sp³-hybridized carbons (Fsp3) is 0.583. The van der Waals surface area contributed by atoms with Gasteiger partial charge in [-0.15, -0.1) is 0 Å². The lowest BCUT2D eigenvalue weighted by atomic mass is 9.95. The van der Waals surface area contributed by atoms with E-state index in [0.717, 1.165) is 18.5 Å². The van der Waals surface area contributed by atoms with Crippen molar-refractivity contribution in [3.63, 3.8) is 0 Å². The first-order valence-electron chi connectivity index (χ1n) is 5.95. The number of aromatic nitrogens is 1. The average Bonchev–Trinajstić information content (AvgIpc) is 2.25. The first-order chi connectivity index (χ1) is 8.62. The molecule has 0 fully saturated rings. The van der Waals surface area contributed by atoms with Crippen LogP contribution < -0.4 is 4.72 Å².